The molecule has 1 atom stereocenters. The first-order valence-corrected chi connectivity index (χ1v) is 14.0. The second kappa shape index (κ2) is 11.8. The maximum absolute atomic E-state index is 13.8. The van der Waals surface area contributed by atoms with E-state index in [1.807, 2.05) is 13.8 Å². The number of hydrogen-bond donors (Lipinski definition) is 0. The molecule has 0 N–H and O–H groups in total. The fourth-order valence-corrected chi connectivity index (χ4v) is 5.83. The Balaban J connectivity index is 1.61. The minimum absolute atomic E-state index is 0.214. The lowest BCUT2D eigenvalue weighted by atomic mass is 9.97. The molecule has 0 saturated carbocycles. The van der Waals surface area contributed by atoms with Gasteiger partial charge in [-0.25, -0.2) is 9.79 Å². The fraction of sp³-hybridized carbons (Fsp3) is 0.207. The van der Waals surface area contributed by atoms with Crippen LogP contribution in [-0.4, -0.2) is 30.9 Å². The van der Waals surface area contributed by atoms with Crippen LogP contribution in [0.5, 0.6) is 11.5 Å². The topological polar surface area (TPSA) is 92.3 Å². The van der Waals surface area contributed by atoms with Crippen LogP contribution in [0.3, 0.4) is 0 Å². The summed E-state index contributed by atoms with van der Waals surface area (Å²) < 4.78 is 24.3. The molecule has 0 aliphatic carbocycles. The zero-order chi connectivity index (χ0) is 28.4. The highest BCUT2D eigenvalue weighted by Gasteiger charge is 2.31. The zero-order valence-electron chi connectivity index (χ0n) is 21.8. The average molecular weight is 599 g/mol. The van der Waals surface area contributed by atoms with Crippen molar-refractivity contribution in [2.75, 3.05) is 20.3 Å². The van der Waals surface area contributed by atoms with Crippen molar-refractivity contribution < 1.29 is 23.4 Å². The maximum Gasteiger partial charge on any atom is 0.337 e. The summed E-state index contributed by atoms with van der Waals surface area (Å²) in [7, 11) is 1.29. The molecule has 0 fully saturated rings. The number of benzene rings is 2. The van der Waals surface area contributed by atoms with Crippen LogP contribution in [-0.2, 0) is 9.53 Å². The number of nitrogens with zero attached hydrogens (tertiary/aromatic N) is 2. The number of furan rings is 1. The third-order valence-electron chi connectivity index (χ3n) is 6.10. The van der Waals surface area contributed by atoms with Crippen molar-refractivity contribution in [2.45, 2.75) is 19.9 Å². The highest BCUT2D eigenvalue weighted by Crippen LogP contribution is 2.35. The van der Waals surface area contributed by atoms with E-state index in [1.54, 1.807) is 54.6 Å². The predicted octanol–water partition coefficient (Wildman–Crippen LogP) is 5.38. The van der Waals surface area contributed by atoms with Crippen LogP contribution in [0.15, 0.2) is 74.5 Å². The molecule has 1 aliphatic heterocycles. The molecule has 2 aromatic heterocycles. The molecular formula is C29H24Cl2N2O6S. The second-order valence-electron chi connectivity index (χ2n) is 8.57. The van der Waals surface area contributed by atoms with Gasteiger partial charge in [0, 0.05) is 22.9 Å². The van der Waals surface area contributed by atoms with E-state index in [0.717, 1.165) is 0 Å². The molecule has 0 bridgehead atoms. The number of carbonyl (C=O) groups is 1. The molecule has 0 amide bonds. The lowest BCUT2D eigenvalue weighted by molar-refractivity contribution is -0.136. The third kappa shape index (κ3) is 5.32. The molecule has 11 heteroatoms. The largest absolute Gasteiger partial charge is 0.490 e. The van der Waals surface area contributed by atoms with E-state index in [-0.39, 0.29) is 11.1 Å². The SMILES string of the molecule is CCOc1ccc([C@H]2C(C(=O)OC)=CN=c3s/c(=C/c4ccc(-c5ccc(Cl)cc5Cl)o4)c(=O)n32)cc1OCC. The van der Waals surface area contributed by atoms with Gasteiger partial charge in [0.15, 0.2) is 16.3 Å². The Morgan fingerprint density at radius 2 is 1.85 bits per heavy atom. The van der Waals surface area contributed by atoms with E-state index in [9.17, 15) is 9.59 Å². The summed E-state index contributed by atoms with van der Waals surface area (Å²) in [5.74, 6) is 1.47. The molecule has 0 radical (unpaired) electrons. The second-order valence-corrected chi connectivity index (χ2v) is 10.4. The van der Waals surface area contributed by atoms with Gasteiger partial charge in [-0.05, 0) is 61.9 Å². The smallest absolute Gasteiger partial charge is 0.337 e. The minimum atomic E-state index is -0.791. The summed E-state index contributed by atoms with van der Waals surface area (Å²) in [6.45, 7) is 4.62. The number of hydrogen-bond acceptors (Lipinski definition) is 8. The molecule has 0 unspecified atom stereocenters. The minimum Gasteiger partial charge on any atom is -0.490 e. The molecular weight excluding hydrogens is 575 g/mol. The van der Waals surface area contributed by atoms with E-state index >= 15 is 0 Å². The molecule has 8 nitrogen and oxygen atoms in total. The van der Waals surface area contributed by atoms with E-state index < -0.39 is 12.0 Å². The monoisotopic (exact) mass is 598 g/mol. The number of methoxy groups -OCH3 is 1. The number of rotatable bonds is 8. The van der Waals surface area contributed by atoms with Gasteiger partial charge in [0.05, 0.1) is 41.5 Å². The number of ether oxygens (including phenoxy) is 3. The van der Waals surface area contributed by atoms with Crippen molar-refractivity contribution in [3.05, 3.63) is 101 Å². The molecule has 4 aromatic rings. The number of aromatic nitrogens is 1. The Morgan fingerprint density at radius 1 is 1.07 bits per heavy atom. The van der Waals surface area contributed by atoms with Crippen molar-refractivity contribution in [1.29, 1.82) is 0 Å². The van der Waals surface area contributed by atoms with Gasteiger partial charge < -0.3 is 18.6 Å². The van der Waals surface area contributed by atoms with Gasteiger partial charge in [-0.2, -0.15) is 0 Å². The van der Waals surface area contributed by atoms with E-state index in [2.05, 4.69) is 4.99 Å². The Kier molecular flexibility index (Phi) is 8.16. The van der Waals surface area contributed by atoms with Gasteiger partial charge in [0.1, 0.15) is 11.5 Å². The Labute approximate surface area is 243 Å². The van der Waals surface area contributed by atoms with E-state index in [1.165, 1.54) is 29.2 Å². The van der Waals surface area contributed by atoms with Crippen LogP contribution >= 0.6 is 34.5 Å². The molecule has 0 saturated heterocycles. The number of esters is 1. The Bertz CT molecular complexity index is 1800. The normalized spacial score (nSPS) is 14.8. The number of thiazole rings is 1. The summed E-state index contributed by atoms with van der Waals surface area (Å²) >= 11 is 13.5. The molecule has 40 heavy (non-hydrogen) atoms. The van der Waals surface area contributed by atoms with Gasteiger partial charge in [0.25, 0.3) is 5.56 Å². The van der Waals surface area contributed by atoms with Gasteiger partial charge in [-0.1, -0.05) is 40.6 Å². The van der Waals surface area contributed by atoms with Crippen LogP contribution in [0.25, 0.3) is 17.4 Å². The van der Waals surface area contributed by atoms with Crippen LogP contribution in [0.2, 0.25) is 10.0 Å². The molecule has 0 spiro atoms. The van der Waals surface area contributed by atoms with Gasteiger partial charge in [-0.3, -0.25) is 9.36 Å². The highest BCUT2D eigenvalue weighted by molar-refractivity contribution is 7.07. The van der Waals surface area contributed by atoms with Crippen LogP contribution < -0.4 is 24.4 Å². The first-order chi connectivity index (χ1) is 19.3. The molecule has 2 aromatic carbocycles. The third-order valence-corrected chi connectivity index (χ3v) is 7.65. The van der Waals surface area contributed by atoms with Crippen LogP contribution in [0, 0.1) is 0 Å². The Morgan fingerprint density at radius 3 is 2.58 bits per heavy atom. The standard InChI is InChI=1S/C29H24Cl2N2O6S/c1-4-37-23-10-6-16(12-24(23)38-5-2)26-20(28(35)36-3)15-32-29-33(26)27(34)25(40-29)14-18-8-11-22(39-18)19-9-7-17(30)13-21(19)31/h6-15,26H,4-5H2,1-3H3/b25-14+/t26-/m0/s1. The van der Waals surface area contributed by atoms with Gasteiger partial charge in [-0.15, -0.1) is 0 Å². The lowest BCUT2D eigenvalue weighted by Crippen LogP contribution is -2.39. The summed E-state index contributed by atoms with van der Waals surface area (Å²) in [5, 5.41) is 0.966. The maximum atomic E-state index is 13.8. The summed E-state index contributed by atoms with van der Waals surface area (Å²) in [6, 6.07) is 13.2. The van der Waals surface area contributed by atoms with E-state index in [4.69, 9.17) is 41.8 Å². The first kappa shape index (κ1) is 27.8. The van der Waals surface area contributed by atoms with Gasteiger partial charge >= 0.3 is 5.97 Å². The lowest BCUT2D eigenvalue weighted by Gasteiger charge is -2.23. The van der Waals surface area contributed by atoms with E-state index in [0.29, 0.717) is 66.7 Å². The quantitative estimate of drug-likeness (QED) is 0.253. The van der Waals surface area contributed by atoms with Gasteiger partial charge in [0.2, 0.25) is 0 Å². The van der Waals surface area contributed by atoms with Crippen LogP contribution in [0.1, 0.15) is 31.2 Å². The van der Waals surface area contributed by atoms with Crippen molar-refractivity contribution in [3.8, 4) is 22.8 Å². The van der Waals surface area contributed by atoms with Crippen molar-refractivity contribution in [3.63, 3.8) is 0 Å². The molecule has 5 rings (SSSR count). The molecule has 206 valence electrons. The highest BCUT2D eigenvalue weighted by atomic mass is 35.5. The number of fused-ring (bicyclic) bond motifs is 1. The van der Waals surface area contributed by atoms with Crippen molar-refractivity contribution in [2.24, 2.45) is 4.99 Å². The number of carbonyl (C=O) groups excluding carboxylic acids is 1. The van der Waals surface area contributed by atoms with Crippen molar-refractivity contribution >= 4 is 46.6 Å². The summed E-state index contributed by atoms with van der Waals surface area (Å²) in [6.07, 6.45) is 3.08. The average Bonchev–Trinajstić information content (AvgIpc) is 3.53. The summed E-state index contributed by atoms with van der Waals surface area (Å²) in [4.78, 5) is 31.4. The zero-order valence-corrected chi connectivity index (χ0v) is 24.1. The number of halogens is 2. The fourth-order valence-electron chi connectivity index (χ4n) is 4.38. The summed E-state index contributed by atoms with van der Waals surface area (Å²) in [5.41, 5.74) is 1.20. The molecule has 1 aliphatic rings. The first-order valence-electron chi connectivity index (χ1n) is 12.4. The molecule has 3 heterocycles. The van der Waals surface area contributed by atoms with Crippen LogP contribution in [0.4, 0.5) is 0 Å². The Hall–Kier alpha value is -3.79. The van der Waals surface area contributed by atoms with Crippen molar-refractivity contribution in [1.82, 2.24) is 4.57 Å². The predicted molar refractivity (Wildman–Crippen MR) is 154 cm³/mol.